The first-order valence-electron chi connectivity index (χ1n) is 4.60. The van der Waals surface area contributed by atoms with Gasteiger partial charge < -0.3 is 0 Å². The summed E-state index contributed by atoms with van der Waals surface area (Å²) in [5, 5.41) is 2.18. The molecule has 0 spiro atoms. The summed E-state index contributed by atoms with van der Waals surface area (Å²) in [7, 11) is 0. The molecule has 0 saturated heterocycles. The molecule has 0 unspecified atom stereocenters. The first-order chi connectivity index (χ1) is 5.86. The topological polar surface area (TPSA) is 0 Å². The number of aryl methyl sites for hydroxylation is 1. The van der Waals surface area contributed by atoms with Crippen LogP contribution in [-0.2, 0) is 6.42 Å². The van der Waals surface area contributed by atoms with Crippen molar-refractivity contribution in [3.63, 3.8) is 0 Å². The molecule has 12 heavy (non-hydrogen) atoms. The van der Waals surface area contributed by atoms with Crippen LogP contribution < -0.4 is 0 Å². The van der Waals surface area contributed by atoms with Gasteiger partial charge in [0.25, 0.3) is 0 Å². The Kier molecular flexibility index (Phi) is 3.54. The van der Waals surface area contributed by atoms with Crippen molar-refractivity contribution in [2.75, 3.05) is 0 Å². The second-order valence-electron chi connectivity index (χ2n) is 2.80. The molecule has 1 aromatic rings. The molecule has 0 nitrogen and oxygen atoms in total. The molecule has 0 N–H and O–H groups in total. The summed E-state index contributed by atoms with van der Waals surface area (Å²) in [4.78, 5) is 1.48. The average molecular weight is 180 g/mol. The second-order valence-corrected chi connectivity index (χ2v) is 3.75. The number of allylic oxidation sites excluding steroid dienone is 1. The Balaban J connectivity index is 0.000000336. The minimum absolute atomic E-state index is 1.25. The molecular formula is C11H16S. The molecule has 1 aliphatic rings. The molecule has 0 fully saturated rings. The molecule has 0 aromatic carbocycles. The van der Waals surface area contributed by atoms with E-state index in [1.54, 1.807) is 0 Å². The van der Waals surface area contributed by atoms with Crippen LogP contribution in [-0.4, -0.2) is 0 Å². The Morgan fingerprint density at radius 2 is 2.00 bits per heavy atom. The third kappa shape index (κ3) is 1.98. The van der Waals surface area contributed by atoms with Crippen molar-refractivity contribution in [2.24, 2.45) is 0 Å². The minimum atomic E-state index is 1.25. The zero-order valence-electron chi connectivity index (χ0n) is 8.05. The van der Waals surface area contributed by atoms with Crippen LogP contribution in [0.3, 0.4) is 0 Å². The van der Waals surface area contributed by atoms with E-state index in [2.05, 4.69) is 24.4 Å². The lowest BCUT2D eigenvalue weighted by molar-refractivity contribution is 0.936. The average Bonchev–Trinajstić information content (AvgIpc) is 2.54. The largest absolute Gasteiger partial charge is 0.144 e. The predicted octanol–water partition coefficient (Wildman–Crippen LogP) is 4.12. The quantitative estimate of drug-likeness (QED) is 0.563. The normalized spacial score (nSPS) is 14.1. The van der Waals surface area contributed by atoms with E-state index in [1.807, 2.05) is 25.2 Å². The highest BCUT2D eigenvalue weighted by Crippen LogP contribution is 2.27. The minimum Gasteiger partial charge on any atom is -0.144 e. The molecule has 2 rings (SSSR count). The molecule has 0 saturated carbocycles. The van der Waals surface area contributed by atoms with Crippen LogP contribution in [0.2, 0.25) is 0 Å². The molecule has 0 radical (unpaired) electrons. The van der Waals surface area contributed by atoms with Crippen molar-refractivity contribution in [1.29, 1.82) is 0 Å². The van der Waals surface area contributed by atoms with Crippen LogP contribution in [0.25, 0.3) is 6.08 Å². The van der Waals surface area contributed by atoms with Gasteiger partial charge in [-0.3, -0.25) is 0 Å². The molecule has 0 bridgehead atoms. The number of rotatable bonds is 0. The first kappa shape index (κ1) is 9.53. The van der Waals surface area contributed by atoms with E-state index in [-0.39, 0.29) is 0 Å². The van der Waals surface area contributed by atoms with Crippen molar-refractivity contribution in [2.45, 2.75) is 33.6 Å². The summed E-state index contributed by atoms with van der Waals surface area (Å²) in [6.07, 6.45) is 4.81. The Morgan fingerprint density at radius 3 is 2.75 bits per heavy atom. The summed E-state index contributed by atoms with van der Waals surface area (Å²) in [5.74, 6) is 0. The lowest BCUT2D eigenvalue weighted by Gasteiger charge is -2.07. The smallest absolute Gasteiger partial charge is 0.0301 e. The third-order valence-electron chi connectivity index (χ3n) is 1.95. The third-order valence-corrected chi connectivity index (χ3v) is 2.85. The summed E-state index contributed by atoms with van der Waals surface area (Å²) in [5.41, 5.74) is 3.06. The summed E-state index contributed by atoms with van der Waals surface area (Å²) < 4.78 is 0. The monoisotopic (exact) mass is 180 g/mol. The Hall–Kier alpha value is -0.560. The van der Waals surface area contributed by atoms with Crippen LogP contribution >= 0.6 is 11.3 Å². The Labute approximate surface area is 78.9 Å². The lowest BCUT2D eigenvalue weighted by Crippen LogP contribution is -1.91. The van der Waals surface area contributed by atoms with E-state index in [9.17, 15) is 0 Å². The standard InChI is InChI=1S/C9H10S.C2H6/c1-7-2-3-8-4-5-10-9(8)6-7;1-2/h4-6H,2-3H2,1H3;1-2H3. The number of thiophene rings is 1. The summed E-state index contributed by atoms with van der Waals surface area (Å²) >= 11 is 1.85. The fourth-order valence-corrected chi connectivity index (χ4v) is 2.28. The predicted molar refractivity (Wildman–Crippen MR) is 57.6 cm³/mol. The van der Waals surface area contributed by atoms with Gasteiger partial charge in [-0.1, -0.05) is 19.4 Å². The van der Waals surface area contributed by atoms with E-state index < -0.39 is 0 Å². The van der Waals surface area contributed by atoms with Gasteiger partial charge in [0.05, 0.1) is 0 Å². The van der Waals surface area contributed by atoms with Crippen molar-refractivity contribution in [3.05, 3.63) is 27.5 Å². The van der Waals surface area contributed by atoms with Gasteiger partial charge in [0.1, 0.15) is 0 Å². The molecule has 1 heteroatoms. The fourth-order valence-electron chi connectivity index (χ4n) is 1.31. The maximum atomic E-state index is 2.31. The molecule has 0 amide bonds. The van der Waals surface area contributed by atoms with Crippen LogP contribution in [0, 0.1) is 0 Å². The van der Waals surface area contributed by atoms with E-state index >= 15 is 0 Å². The van der Waals surface area contributed by atoms with Crippen LogP contribution in [0.1, 0.15) is 37.6 Å². The van der Waals surface area contributed by atoms with E-state index in [1.165, 1.54) is 28.9 Å². The van der Waals surface area contributed by atoms with Gasteiger partial charge in [-0.05, 0) is 42.9 Å². The molecular weight excluding hydrogens is 164 g/mol. The van der Waals surface area contributed by atoms with Gasteiger partial charge in [0, 0.05) is 4.88 Å². The van der Waals surface area contributed by atoms with E-state index in [4.69, 9.17) is 0 Å². The SMILES string of the molecule is CC.CC1=Cc2sccc2CC1. The van der Waals surface area contributed by atoms with Gasteiger partial charge in [-0.2, -0.15) is 0 Å². The number of hydrogen-bond donors (Lipinski definition) is 0. The van der Waals surface area contributed by atoms with Gasteiger partial charge in [0.15, 0.2) is 0 Å². The van der Waals surface area contributed by atoms with Crippen molar-refractivity contribution < 1.29 is 0 Å². The van der Waals surface area contributed by atoms with E-state index in [0.29, 0.717) is 0 Å². The fraction of sp³-hybridized carbons (Fsp3) is 0.455. The summed E-state index contributed by atoms with van der Waals surface area (Å²) in [6, 6.07) is 2.24. The second kappa shape index (κ2) is 4.46. The van der Waals surface area contributed by atoms with Crippen LogP contribution in [0.5, 0.6) is 0 Å². The summed E-state index contributed by atoms with van der Waals surface area (Å²) in [6.45, 7) is 6.21. The lowest BCUT2D eigenvalue weighted by atomic mass is 10.00. The molecule has 0 aliphatic heterocycles. The van der Waals surface area contributed by atoms with Gasteiger partial charge in [-0.25, -0.2) is 0 Å². The highest BCUT2D eigenvalue weighted by atomic mass is 32.1. The molecule has 0 atom stereocenters. The maximum Gasteiger partial charge on any atom is 0.0301 e. The van der Waals surface area contributed by atoms with Gasteiger partial charge >= 0.3 is 0 Å². The van der Waals surface area contributed by atoms with Gasteiger partial charge in [-0.15, -0.1) is 11.3 Å². The van der Waals surface area contributed by atoms with Crippen molar-refractivity contribution >= 4 is 17.4 Å². The zero-order chi connectivity index (χ0) is 8.97. The number of fused-ring (bicyclic) bond motifs is 1. The molecule has 1 heterocycles. The Bertz CT molecular complexity index is 268. The molecule has 66 valence electrons. The van der Waals surface area contributed by atoms with Crippen molar-refractivity contribution in [1.82, 2.24) is 0 Å². The zero-order valence-corrected chi connectivity index (χ0v) is 8.87. The van der Waals surface area contributed by atoms with Crippen LogP contribution in [0.15, 0.2) is 17.0 Å². The first-order valence-corrected chi connectivity index (χ1v) is 5.48. The van der Waals surface area contributed by atoms with E-state index in [0.717, 1.165) is 0 Å². The van der Waals surface area contributed by atoms with Crippen molar-refractivity contribution in [3.8, 4) is 0 Å². The maximum absolute atomic E-state index is 2.31. The number of hydrogen-bond acceptors (Lipinski definition) is 1. The van der Waals surface area contributed by atoms with Gasteiger partial charge in [0.2, 0.25) is 0 Å². The molecule has 1 aliphatic carbocycles. The van der Waals surface area contributed by atoms with Crippen LogP contribution in [0.4, 0.5) is 0 Å². The molecule has 1 aromatic heterocycles. The Morgan fingerprint density at radius 1 is 1.25 bits per heavy atom. The highest BCUT2D eigenvalue weighted by Gasteiger charge is 2.07. The highest BCUT2D eigenvalue weighted by molar-refractivity contribution is 7.11.